The van der Waals surface area contributed by atoms with Crippen molar-refractivity contribution in [2.24, 2.45) is 0 Å². The van der Waals surface area contributed by atoms with Crippen molar-refractivity contribution in [3.05, 3.63) is 71.0 Å². The van der Waals surface area contributed by atoms with Crippen LogP contribution in [-0.2, 0) is 21.9 Å². The Morgan fingerprint density at radius 3 is 2.31 bits per heavy atom. The largest absolute Gasteiger partial charge is 0.354 e. The van der Waals surface area contributed by atoms with Crippen LogP contribution in [0.2, 0.25) is 0 Å². The molecule has 2 amide bonds. The highest BCUT2D eigenvalue weighted by Gasteiger charge is 2.25. The Balaban J connectivity index is 2.03. The number of rotatable bonds is 10. The number of carbonyl (C=O) groups excluding carboxylic acids is 2. The molecule has 0 spiro atoms. The van der Waals surface area contributed by atoms with E-state index in [2.05, 4.69) is 29.6 Å². The molecule has 0 heterocycles. The van der Waals surface area contributed by atoms with Crippen molar-refractivity contribution in [3.8, 4) is 0 Å². The number of nitrogens with one attached hydrogen (secondary N) is 1. The lowest BCUT2D eigenvalue weighted by Crippen LogP contribution is -2.48. The van der Waals surface area contributed by atoms with Gasteiger partial charge in [-0.15, -0.1) is 11.8 Å². The number of amides is 2. The number of hydrogen-bond acceptors (Lipinski definition) is 3. The van der Waals surface area contributed by atoms with Gasteiger partial charge in [0.05, 0.1) is 5.75 Å². The number of carbonyl (C=O) groups is 2. The van der Waals surface area contributed by atoms with Crippen LogP contribution in [0, 0.1) is 12.7 Å². The molecule has 29 heavy (non-hydrogen) atoms. The molecule has 0 saturated heterocycles. The molecule has 0 unspecified atom stereocenters. The molecule has 0 aliphatic carbocycles. The molecule has 0 fully saturated rings. The van der Waals surface area contributed by atoms with Gasteiger partial charge in [0, 0.05) is 18.8 Å². The monoisotopic (exact) mass is 416 g/mol. The quantitative estimate of drug-likeness (QED) is 0.628. The predicted molar refractivity (Wildman–Crippen MR) is 117 cm³/mol. The van der Waals surface area contributed by atoms with E-state index in [9.17, 15) is 14.0 Å². The highest BCUT2D eigenvalue weighted by atomic mass is 32.2. The molecule has 2 rings (SSSR count). The van der Waals surface area contributed by atoms with Gasteiger partial charge in [0.1, 0.15) is 11.9 Å². The van der Waals surface area contributed by atoms with Crippen LogP contribution in [-0.4, -0.2) is 35.1 Å². The summed E-state index contributed by atoms with van der Waals surface area (Å²) in [7, 11) is 0. The van der Waals surface area contributed by atoms with Crippen molar-refractivity contribution >= 4 is 23.6 Å². The molecule has 6 heteroatoms. The minimum Gasteiger partial charge on any atom is -0.354 e. The average molecular weight is 417 g/mol. The fourth-order valence-corrected chi connectivity index (χ4v) is 3.66. The van der Waals surface area contributed by atoms with Crippen LogP contribution in [0.5, 0.6) is 0 Å². The fraction of sp³-hybridized carbons (Fsp3) is 0.391. The molecule has 1 atom stereocenters. The fourth-order valence-electron chi connectivity index (χ4n) is 2.79. The van der Waals surface area contributed by atoms with E-state index in [1.807, 2.05) is 13.8 Å². The van der Waals surface area contributed by atoms with Crippen LogP contribution in [0.25, 0.3) is 0 Å². The molecular weight excluding hydrogens is 387 g/mol. The third-order valence-electron chi connectivity index (χ3n) is 4.60. The number of thioether (sulfide) groups is 1. The summed E-state index contributed by atoms with van der Waals surface area (Å²) in [5.41, 5.74) is 3.15. The van der Waals surface area contributed by atoms with Gasteiger partial charge in [0.15, 0.2) is 0 Å². The topological polar surface area (TPSA) is 49.4 Å². The lowest BCUT2D eigenvalue weighted by molar-refractivity contribution is -0.138. The van der Waals surface area contributed by atoms with Gasteiger partial charge in [-0.25, -0.2) is 4.39 Å². The molecule has 0 saturated carbocycles. The van der Waals surface area contributed by atoms with Crippen LogP contribution < -0.4 is 5.32 Å². The van der Waals surface area contributed by atoms with Crippen molar-refractivity contribution in [2.45, 2.75) is 45.5 Å². The van der Waals surface area contributed by atoms with Crippen molar-refractivity contribution in [2.75, 3.05) is 12.3 Å². The highest BCUT2D eigenvalue weighted by Crippen LogP contribution is 2.16. The lowest BCUT2D eigenvalue weighted by atomic mass is 10.1. The molecular formula is C23H29FN2O2S. The molecule has 156 valence electrons. The third kappa shape index (κ3) is 7.54. The van der Waals surface area contributed by atoms with E-state index in [1.165, 1.54) is 29.5 Å². The normalized spacial score (nSPS) is 11.7. The van der Waals surface area contributed by atoms with E-state index in [0.717, 1.165) is 23.3 Å². The zero-order chi connectivity index (χ0) is 21.2. The molecule has 2 aromatic rings. The first kappa shape index (κ1) is 22.9. The maximum Gasteiger partial charge on any atom is 0.242 e. The van der Waals surface area contributed by atoms with Crippen LogP contribution in [0.3, 0.4) is 0 Å². The number of benzene rings is 2. The predicted octanol–water partition coefficient (Wildman–Crippen LogP) is 4.31. The van der Waals surface area contributed by atoms with Gasteiger partial charge < -0.3 is 10.2 Å². The maximum atomic E-state index is 13.2. The van der Waals surface area contributed by atoms with Crippen LogP contribution in [0.15, 0.2) is 48.5 Å². The minimum absolute atomic E-state index is 0.106. The Labute approximate surface area is 176 Å². The molecule has 0 aliphatic rings. The van der Waals surface area contributed by atoms with Crippen LogP contribution in [0.4, 0.5) is 4.39 Å². The van der Waals surface area contributed by atoms with Gasteiger partial charge in [-0.05, 0) is 43.5 Å². The Hall–Kier alpha value is -2.34. The van der Waals surface area contributed by atoms with Crippen molar-refractivity contribution in [1.29, 1.82) is 0 Å². The second-order valence-electron chi connectivity index (χ2n) is 7.09. The summed E-state index contributed by atoms with van der Waals surface area (Å²) in [6.45, 7) is 6.60. The van der Waals surface area contributed by atoms with Gasteiger partial charge in [0.2, 0.25) is 11.8 Å². The number of hydrogen-bond donors (Lipinski definition) is 1. The summed E-state index contributed by atoms with van der Waals surface area (Å²) >= 11 is 1.53. The summed E-state index contributed by atoms with van der Waals surface area (Å²) < 4.78 is 13.2. The van der Waals surface area contributed by atoms with E-state index in [4.69, 9.17) is 0 Å². The van der Waals surface area contributed by atoms with Gasteiger partial charge in [-0.2, -0.15) is 0 Å². The Morgan fingerprint density at radius 1 is 1.07 bits per heavy atom. The van der Waals surface area contributed by atoms with E-state index < -0.39 is 6.04 Å². The van der Waals surface area contributed by atoms with E-state index in [1.54, 1.807) is 24.0 Å². The summed E-state index contributed by atoms with van der Waals surface area (Å²) in [6.07, 6.45) is 0.830. The second kappa shape index (κ2) is 11.6. The minimum atomic E-state index is -0.598. The van der Waals surface area contributed by atoms with Gasteiger partial charge >= 0.3 is 0 Å². The third-order valence-corrected chi connectivity index (χ3v) is 5.59. The molecule has 1 N–H and O–H groups in total. The highest BCUT2D eigenvalue weighted by molar-refractivity contribution is 7.99. The average Bonchev–Trinajstić information content (AvgIpc) is 2.72. The molecule has 0 radical (unpaired) electrons. The van der Waals surface area contributed by atoms with Crippen molar-refractivity contribution < 1.29 is 14.0 Å². The molecule has 0 aromatic heterocycles. The van der Waals surface area contributed by atoms with Crippen LogP contribution >= 0.6 is 11.8 Å². The SMILES string of the molecule is CCCNC(=O)[C@H](C)N(Cc1ccc(F)cc1)C(=O)CSCc1ccc(C)cc1. The standard InChI is InChI=1S/C23H29FN2O2S/c1-4-13-25-23(28)18(3)26(14-19-9-11-21(24)12-10-19)22(27)16-29-15-20-7-5-17(2)6-8-20/h5-12,18H,4,13-16H2,1-3H3,(H,25,28)/t18-/m0/s1. The summed E-state index contributed by atoms with van der Waals surface area (Å²) in [6, 6.07) is 13.7. The first-order valence-electron chi connectivity index (χ1n) is 9.85. The van der Waals surface area contributed by atoms with Gasteiger partial charge in [0.25, 0.3) is 0 Å². The molecule has 2 aromatic carbocycles. The Bertz CT molecular complexity index is 794. The molecule has 4 nitrogen and oxygen atoms in total. The van der Waals surface area contributed by atoms with Gasteiger partial charge in [-0.1, -0.05) is 48.9 Å². The number of nitrogens with zero attached hydrogens (tertiary/aromatic N) is 1. The summed E-state index contributed by atoms with van der Waals surface area (Å²) in [5, 5.41) is 2.85. The zero-order valence-electron chi connectivity index (χ0n) is 17.3. The zero-order valence-corrected chi connectivity index (χ0v) is 18.1. The number of halogens is 1. The maximum absolute atomic E-state index is 13.2. The smallest absolute Gasteiger partial charge is 0.242 e. The summed E-state index contributed by atoms with van der Waals surface area (Å²) in [4.78, 5) is 26.9. The summed E-state index contributed by atoms with van der Waals surface area (Å²) in [5.74, 6) is 0.401. The first-order chi connectivity index (χ1) is 13.9. The van der Waals surface area contributed by atoms with E-state index in [0.29, 0.717) is 6.54 Å². The second-order valence-corrected chi connectivity index (χ2v) is 8.08. The van der Waals surface area contributed by atoms with Crippen molar-refractivity contribution in [1.82, 2.24) is 10.2 Å². The lowest BCUT2D eigenvalue weighted by Gasteiger charge is -2.28. The Kier molecular flexibility index (Phi) is 9.19. The molecule has 0 aliphatic heterocycles. The van der Waals surface area contributed by atoms with Gasteiger partial charge in [-0.3, -0.25) is 9.59 Å². The van der Waals surface area contributed by atoms with Crippen molar-refractivity contribution in [3.63, 3.8) is 0 Å². The first-order valence-corrected chi connectivity index (χ1v) is 11.0. The number of aryl methyl sites for hydroxylation is 1. The van der Waals surface area contributed by atoms with E-state index >= 15 is 0 Å². The van der Waals surface area contributed by atoms with E-state index in [-0.39, 0.29) is 29.9 Å². The Morgan fingerprint density at radius 2 is 1.69 bits per heavy atom. The molecule has 0 bridgehead atoms. The van der Waals surface area contributed by atoms with Crippen LogP contribution in [0.1, 0.15) is 37.0 Å².